The molecule has 0 aromatic rings. The number of ether oxygens (including phenoxy) is 1. The molecule has 2 aliphatic rings. The molecule has 0 spiro atoms. The van der Waals surface area contributed by atoms with Crippen molar-refractivity contribution in [2.24, 2.45) is 5.92 Å². The minimum Gasteiger partial charge on any atom is -0.444 e. The van der Waals surface area contributed by atoms with Gasteiger partial charge >= 0.3 is 6.09 Å². The number of hydrogen-bond acceptors (Lipinski definition) is 4. The second kappa shape index (κ2) is 6.68. The summed E-state index contributed by atoms with van der Waals surface area (Å²) in [6, 6.07) is 2.35. The lowest BCUT2D eigenvalue weighted by atomic mass is 9.86. The summed E-state index contributed by atoms with van der Waals surface area (Å²) in [4.78, 5) is 26.5. The first-order valence-corrected chi connectivity index (χ1v) is 8.23. The minimum absolute atomic E-state index is 0.0508. The first kappa shape index (κ1) is 16.8. The minimum atomic E-state index is -0.486. The van der Waals surface area contributed by atoms with E-state index < -0.39 is 5.60 Å². The molecule has 0 saturated carbocycles. The third kappa shape index (κ3) is 4.00. The van der Waals surface area contributed by atoms with Gasteiger partial charge in [0.2, 0.25) is 0 Å². The Morgan fingerprint density at radius 1 is 1.23 bits per heavy atom. The Labute approximate surface area is 132 Å². The summed E-state index contributed by atoms with van der Waals surface area (Å²) in [5.74, 6) is 0.311. The van der Waals surface area contributed by atoms with E-state index in [0.29, 0.717) is 19.3 Å². The summed E-state index contributed by atoms with van der Waals surface area (Å²) in [5.41, 5.74) is -0.486. The number of ketones is 1. The lowest BCUT2D eigenvalue weighted by Gasteiger charge is -2.39. The SMILES string of the molecule is CC(C)(C)OC(=O)N1C2CCC1CC(C(=O)CCCC#N)C2. The zero-order chi connectivity index (χ0) is 16.3. The second-order valence-corrected chi connectivity index (χ2v) is 7.42. The van der Waals surface area contributed by atoms with Crippen LogP contribution >= 0.6 is 0 Å². The van der Waals surface area contributed by atoms with Crippen molar-refractivity contribution >= 4 is 11.9 Å². The Balaban J connectivity index is 1.93. The van der Waals surface area contributed by atoms with Crippen LogP contribution < -0.4 is 0 Å². The maximum absolute atomic E-state index is 12.3. The van der Waals surface area contributed by atoms with Crippen LogP contribution in [0.25, 0.3) is 0 Å². The summed E-state index contributed by atoms with van der Waals surface area (Å²) < 4.78 is 5.50. The predicted molar refractivity (Wildman–Crippen MR) is 82.1 cm³/mol. The van der Waals surface area contributed by atoms with Crippen molar-refractivity contribution in [3.8, 4) is 6.07 Å². The number of fused-ring (bicyclic) bond motifs is 2. The van der Waals surface area contributed by atoms with E-state index in [0.717, 1.165) is 25.7 Å². The van der Waals surface area contributed by atoms with Crippen molar-refractivity contribution in [2.45, 2.75) is 83.4 Å². The average molecular weight is 306 g/mol. The van der Waals surface area contributed by atoms with Gasteiger partial charge in [0.25, 0.3) is 0 Å². The predicted octanol–water partition coefficient (Wildman–Crippen LogP) is 3.43. The lowest BCUT2D eigenvalue weighted by molar-refractivity contribution is -0.125. The monoisotopic (exact) mass is 306 g/mol. The number of unbranched alkanes of at least 4 members (excludes halogenated alkanes) is 1. The van der Waals surface area contributed by atoms with Crippen LogP contribution in [0, 0.1) is 17.2 Å². The van der Waals surface area contributed by atoms with Crippen molar-refractivity contribution in [3.05, 3.63) is 0 Å². The molecule has 0 aliphatic carbocycles. The lowest BCUT2D eigenvalue weighted by Crippen LogP contribution is -2.49. The van der Waals surface area contributed by atoms with E-state index in [4.69, 9.17) is 10.00 Å². The third-order valence-electron chi connectivity index (χ3n) is 4.50. The van der Waals surface area contributed by atoms with Crippen molar-refractivity contribution < 1.29 is 14.3 Å². The highest BCUT2D eigenvalue weighted by atomic mass is 16.6. The first-order chi connectivity index (χ1) is 10.3. The highest BCUT2D eigenvalue weighted by molar-refractivity contribution is 5.81. The number of nitrogens with zero attached hydrogens (tertiary/aromatic N) is 2. The van der Waals surface area contributed by atoms with Gasteiger partial charge in [-0.1, -0.05) is 0 Å². The molecule has 2 heterocycles. The molecule has 2 fully saturated rings. The molecule has 22 heavy (non-hydrogen) atoms. The van der Waals surface area contributed by atoms with Crippen molar-refractivity contribution in [2.75, 3.05) is 0 Å². The van der Waals surface area contributed by atoms with Crippen LogP contribution in [0.4, 0.5) is 4.79 Å². The molecule has 2 atom stereocenters. The van der Waals surface area contributed by atoms with Gasteiger partial charge in [0.05, 0.1) is 6.07 Å². The third-order valence-corrected chi connectivity index (χ3v) is 4.50. The number of Topliss-reactive ketones (excluding diaryl/α,β-unsaturated/α-hetero) is 1. The van der Waals surface area contributed by atoms with Crippen LogP contribution in [0.3, 0.4) is 0 Å². The van der Waals surface area contributed by atoms with E-state index in [2.05, 4.69) is 6.07 Å². The van der Waals surface area contributed by atoms with Crippen LogP contribution in [0.15, 0.2) is 0 Å². The summed E-state index contributed by atoms with van der Waals surface area (Å²) in [5, 5.41) is 8.55. The summed E-state index contributed by atoms with van der Waals surface area (Å²) >= 11 is 0. The maximum Gasteiger partial charge on any atom is 0.410 e. The van der Waals surface area contributed by atoms with Crippen LogP contribution in [-0.2, 0) is 9.53 Å². The van der Waals surface area contributed by atoms with Gasteiger partial charge in [0, 0.05) is 30.8 Å². The van der Waals surface area contributed by atoms with E-state index in [1.54, 1.807) is 0 Å². The Morgan fingerprint density at radius 2 is 1.82 bits per heavy atom. The van der Waals surface area contributed by atoms with Gasteiger partial charge in [-0.25, -0.2) is 4.79 Å². The van der Waals surface area contributed by atoms with E-state index in [1.165, 1.54) is 0 Å². The maximum atomic E-state index is 12.3. The Hall–Kier alpha value is -1.57. The van der Waals surface area contributed by atoms with Gasteiger partial charge in [-0.3, -0.25) is 4.79 Å². The summed E-state index contributed by atoms with van der Waals surface area (Å²) in [6.07, 6.45) is 4.77. The van der Waals surface area contributed by atoms with E-state index in [1.807, 2.05) is 25.7 Å². The number of nitriles is 1. The zero-order valence-corrected chi connectivity index (χ0v) is 13.8. The van der Waals surface area contributed by atoms with Crippen LogP contribution in [0.1, 0.15) is 65.7 Å². The standard InChI is InChI=1S/C17H26N2O3/c1-17(2,3)22-16(21)19-13-7-8-14(19)11-12(10-13)15(20)6-4-5-9-18/h12-14H,4-8,10-11H2,1-3H3. The normalized spacial score (nSPS) is 27.4. The number of hydrogen-bond donors (Lipinski definition) is 0. The fourth-order valence-electron chi connectivity index (χ4n) is 3.60. The van der Waals surface area contributed by atoms with Gasteiger partial charge in [0.1, 0.15) is 11.4 Å². The second-order valence-electron chi connectivity index (χ2n) is 7.42. The molecular weight excluding hydrogens is 280 g/mol. The molecule has 0 radical (unpaired) electrons. The molecule has 2 aliphatic heterocycles. The molecule has 122 valence electrons. The number of carbonyl (C=O) groups is 2. The molecular formula is C17H26N2O3. The van der Waals surface area contributed by atoms with Gasteiger partial charge in [-0.2, -0.15) is 5.26 Å². The smallest absolute Gasteiger partial charge is 0.410 e. The average Bonchev–Trinajstić information content (AvgIpc) is 2.68. The number of rotatable bonds is 4. The van der Waals surface area contributed by atoms with Crippen molar-refractivity contribution in [1.82, 2.24) is 4.90 Å². The molecule has 1 amide bonds. The zero-order valence-electron chi connectivity index (χ0n) is 13.8. The van der Waals surface area contributed by atoms with Crippen LogP contribution in [0.5, 0.6) is 0 Å². The topological polar surface area (TPSA) is 70.4 Å². The molecule has 5 nitrogen and oxygen atoms in total. The van der Waals surface area contributed by atoms with Crippen LogP contribution in [-0.4, -0.2) is 34.5 Å². The summed E-state index contributed by atoms with van der Waals surface area (Å²) in [6.45, 7) is 5.62. The number of amides is 1. The molecule has 2 unspecified atom stereocenters. The summed E-state index contributed by atoms with van der Waals surface area (Å²) in [7, 11) is 0. The quantitative estimate of drug-likeness (QED) is 0.746. The molecule has 0 N–H and O–H groups in total. The van der Waals surface area contributed by atoms with Crippen LogP contribution in [0.2, 0.25) is 0 Å². The largest absolute Gasteiger partial charge is 0.444 e. The van der Waals surface area contributed by atoms with Crippen molar-refractivity contribution in [1.29, 1.82) is 5.26 Å². The fraction of sp³-hybridized carbons (Fsp3) is 0.824. The van der Waals surface area contributed by atoms with Gasteiger partial charge in [-0.15, -0.1) is 0 Å². The number of carbonyl (C=O) groups excluding carboxylic acids is 2. The Bertz CT molecular complexity index is 461. The number of piperidine rings is 1. The molecule has 0 aromatic carbocycles. The van der Waals surface area contributed by atoms with E-state index in [-0.39, 0.29) is 29.9 Å². The Kier molecular flexibility index (Phi) is 5.10. The first-order valence-electron chi connectivity index (χ1n) is 8.23. The van der Waals surface area contributed by atoms with Gasteiger partial charge in [-0.05, 0) is 52.9 Å². The molecule has 5 heteroatoms. The highest BCUT2D eigenvalue weighted by Gasteiger charge is 2.46. The van der Waals surface area contributed by atoms with Crippen molar-refractivity contribution in [3.63, 3.8) is 0 Å². The molecule has 2 rings (SSSR count). The van der Waals surface area contributed by atoms with Gasteiger partial charge in [0.15, 0.2) is 0 Å². The highest BCUT2D eigenvalue weighted by Crippen LogP contribution is 2.40. The Morgan fingerprint density at radius 3 is 2.32 bits per heavy atom. The van der Waals surface area contributed by atoms with E-state index >= 15 is 0 Å². The molecule has 0 aromatic heterocycles. The van der Waals surface area contributed by atoms with Gasteiger partial charge < -0.3 is 9.64 Å². The van der Waals surface area contributed by atoms with E-state index in [9.17, 15) is 9.59 Å². The molecule has 2 saturated heterocycles. The molecule has 2 bridgehead atoms. The fourth-order valence-corrected chi connectivity index (χ4v) is 3.60.